The summed E-state index contributed by atoms with van der Waals surface area (Å²) in [6, 6.07) is 0. The van der Waals surface area contributed by atoms with Gasteiger partial charge in [-0.05, 0) is 24.7 Å². The van der Waals surface area contributed by atoms with Gasteiger partial charge in [0, 0.05) is 32.2 Å². The van der Waals surface area contributed by atoms with E-state index in [4.69, 9.17) is 15.0 Å². The quantitative estimate of drug-likeness (QED) is 0.237. The number of aromatic nitrogens is 5. The molecule has 0 saturated carbocycles. The summed E-state index contributed by atoms with van der Waals surface area (Å²) in [5.41, 5.74) is 1.51. The van der Waals surface area contributed by atoms with Crippen LogP contribution in [0.3, 0.4) is 0 Å². The van der Waals surface area contributed by atoms with Gasteiger partial charge in [0.05, 0.1) is 18.9 Å². The lowest BCUT2D eigenvalue weighted by Gasteiger charge is -2.31. The number of hydrogen-bond acceptors (Lipinski definition) is 10. The number of nitrogens with zero attached hydrogens (tertiary/aromatic N) is 7. The molecule has 4 rings (SSSR count). The zero-order chi connectivity index (χ0) is 25.9. The van der Waals surface area contributed by atoms with E-state index in [1.807, 2.05) is 4.90 Å². The number of methoxy groups -OCH3 is 1. The minimum atomic E-state index is -4.57. The van der Waals surface area contributed by atoms with Crippen molar-refractivity contribution in [1.29, 1.82) is 5.41 Å². The highest BCUT2D eigenvalue weighted by atomic mass is 32.2. The van der Waals surface area contributed by atoms with Crippen molar-refractivity contribution >= 4 is 29.2 Å². The van der Waals surface area contributed by atoms with Gasteiger partial charge in [-0.2, -0.15) is 13.2 Å². The summed E-state index contributed by atoms with van der Waals surface area (Å²) >= 11 is 1.52. The van der Waals surface area contributed by atoms with Crippen molar-refractivity contribution in [2.24, 2.45) is 5.16 Å². The van der Waals surface area contributed by atoms with Crippen molar-refractivity contribution < 1.29 is 22.7 Å². The molecule has 0 aliphatic carbocycles. The van der Waals surface area contributed by atoms with Crippen LogP contribution in [0, 0.1) is 5.41 Å². The molecule has 0 spiro atoms. The number of fused-ring (bicyclic) bond motifs is 2. The fourth-order valence-corrected chi connectivity index (χ4v) is 5.02. The van der Waals surface area contributed by atoms with Crippen LogP contribution >= 0.6 is 11.8 Å². The summed E-state index contributed by atoms with van der Waals surface area (Å²) in [6.07, 6.45) is 0.588. The second kappa shape index (κ2) is 10.9. The van der Waals surface area contributed by atoms with E-state index in [1.54, 1.807) is 14.0 Å². The van der Waals surface area contributed by atoms with Crippen molar-refractivity contribution in [3.63, 3.8) is 0 Å². The average molecular weight is 525 g/mol. The molecule has 14 heteroatoms. The summed E-state index contributed by atoms with van der Waals surface area (Å²) in [6.45, 7) is 4.78. The number of allylic oxidation sites excluding steroid dienone is 2. The van der Waals surface area contributed by atoms with Crippen LogP contribution in [0.25, 0.3) is 0 Å². The lowest BCUT2D eigenvalue weighted by Crippen LogP contribution is -2.37. The Labute approximate surface area is 210 Å². The molecule has 4 heterocycles. The first-order chi connectivity index (χ1) is 17.2. The maximum atomic E-state index is 13.3. The van der Waals surface area contributed by atoms with Crippen LogP contribution in [0.5, 0.6) is 0 Å². The predicted octanol–water partition coefficient (Wildman–Crippen LogP) is 4.19. The zero-order valence-corrected chi connectivity index (χ0v) is 21.0. The molecule has 36 heavy (non-hydrogen) atoms. The molecule has 2 aromatic heterocycles. The summed E-state index contributed by atoms with van der Waals surface area (Å²) in [4.78, 5) is 17.5. The molecule has 2 aromatic rings. The molecule has 0 amide bonds. The third-order valence-electron chi connectivity index (χ3n) is 5.68. The molecule has 0 unspecified atom stereocenters. The number of oxime groups is 1. The SMILES string of the molecule is CCCC1=CCc2c(nc(C(=N)O/N=C(\C)CCOC)nc2N2CCn3c(nnc3C(F)(F)F)C2)S1. The molecule has 194 valence electrons. The first-order valence-electron chi connectivity index (χ1n) is 11.5. The van der Waals surface area contributed by atoms with Gasteiger partial charge in [0.2, 0.25) is 11.6 Å². The highest BCUT2D eigenvalue weighted by Crippen LogP contribution is 2.40. The van der Waals surface area contributed by atoms with Gasteiger partial charge < -0.3 is 19.0 Å². The molecule has 10 nitrogen and oxygen atoms in total. The van der Waals surface area contributed by atoms with Crippen LogP contribution in [-0.4, -0.2) is 56.6 Å². The normalized spacial score (nSPS) is 15.9. The Morgan fingerprint density at radius 3 is 2.78 bits per heavy atom. The van der Waals surface area contributed by atoms with Crippen molar-refractivity contribution in [3.05, 3.63) is 34.0 Å². The van der Waals surface area contributed by atoms with Crippen molar-refractivity contribution in [2.75, 3.05) is 25.2 Å². The summed E-state index contributed by atoms with van der Waals surface area (Å²) in [7, 11) is 1.59. The highest BCUT2D eigenvalue weighted by Gasteiger charge is 2.40. The Hall–Kier alpha value is -3.00. The Morgan fingerprint density at radius 2 is 2.06 bits per heavy atom. The lowest BCUT2D eigenvalue weighted by molar-refractivity contribution is -0.147. The summed E-state index contributed by atoms with van der Waals surface area (Å²) < 4.78 is 45.9. The molecule has 0 bridgehead atoms. The fraction of sp³-hybridized carbons (Fsp3) is 0.545. The second-order valence-corrected chi connectivity index (χ2v) is 9.50. The zero-order valence-electron chi connectivity index (χ0n) is 20.2. The molecule has 0 saturated heterocycles. The molecule has 2 aliphatic heterocycles. The van der Waals surface area contributed by atoms with Gasteiger partial charge in [0.25, 0.3) is 5.90 Å². The van der Waals surface area contributed by atoms with E-state index in [1.165, 1.54) is 16.7 Å². The molecule has 0 atom stereocenters. The Bertz CT molecular complexity index is 1190. The smallest absolute Gasteiger partial charge is 0.384 e. The molecule has 0 fully saturated rings. The van der Waals surface area contributed by atoms with Crippen LogP contribution < -0.4 is 4.90 Å². The van der Waals surface area contributed by atoms with Crippen LogP contribution in [0.4, 0.5) is 19.0 Å². The third kappa shape index (κ3) is 5.69. The molecule has 2 aliphatic rings. The third-order valence-corrected chi connectivity index (χ3v) is 6.84. The lowest BCUT2D eigenvalue weighted by atomic mass is 10.1. The number of nitrogens with one attached hydrogen (secondary N) is 1. The van der Waals surface area contributed by atoms with Crippen LogP contribution in [0.1, 0.15) is 56.1 Å². The topological polar surface area (TPSA) is 114 Å². The molecule has 1 N–H and O–H groups in total. The first kappa shape index (κ1) is 26.1. The van der Waals surface area contributed by atoms with Gasteiger partial charge in [-0.25, -0.2) is 9.97 Å². The summed E-state index contributed by atoms with van der Waals surface area (Å²) in [5.74, 6) is -0.506. The number of halogens is 3. The van der Waals surface area contributed by atoms with Gasteiger partial charge in [0.15, 0.2) is 5.82 Å². The van der Waals surface area contributed by atoms with Gasteiger partial charge in [-0.1, -0.05) is 36.3 Å². The number of thioether (sulfide) groups is 1. The molecular weight excluding hydrogens is 497 g/mol. The van der Waals surface area contributed by atoms with E-state index in [2.05, 4.69) is 38.3 Å². The predicted molar refractivity (Wildman–Crippen MR) is 128 cm³/mol. The maximum absolute atomic E-state index is 13.3. The first-order valence-corrected chi connectivity index (χ1v) is 12.3. The van der Waals surface area contributed by atoms with Crippen molar-refractivity contribution in [1.82, 2.24) is 24.7 Å². The largest absolute Gasteiger partial charge is 0.451 e. The van der Waals surface area contributed by atoms with Crippen molar-refractivity contribution in [3.8, 4) is 0 Å². The number of ether oxygens (including phenoxy) is 1. The fourth-order valence-electron chi connectivity index (χ4n) is 3.87. The summed E-state index contributed by atoms with van der Waals surface area (Å²) in [5, 5.41) is 20.2. The average Bonchev–Trinajstić information content (AvgIpc) is 3.29. The van der Waals surface area contributed by atoms with Crippen LogP contribution in [0.15, 0.2) is 21.2 Å². The number of anilines is 1. The number of hydrogen-bond donors (Lipinski definition) is 1. The van der Waals surface area contributed by atoms with Crippen LogP contribution in [-0.2, 0) is 35.3 Å². The highest BCUT2D eigenvalue weighted by molar-refractivity contribution is 8.03. The minimum absolute atomic E-state index is 0.0558. The van der Waals surface area contributed by atoms with E-state index >= 15 is 0 Å². The molecular formula is C22H27F3N8O2S. The molecule has 0 aromatic carbocycles. The van der Waals surface area contributed by atoms with Gasteiger partial charge in [-0.15, -0.1) is 10.2 Å². The Balaban J connectivity index is 1.64. The van der Waals surface area contributed by atoms with E-state index < -0.39 is 12.0 Å². The molecule has 0 radical (unpaired) electrons. The van der Waals surface area contributed by atoms with Gasteiger partial charge in [0.1, 0.15) is 10.8 Å². The Kier molecular flexibility index (Phi) is 7.93. The van der Waals surface area contributed by atoms with Crippen molar-refractivity contribution in [2.45, 2.75) is 63.8 Å². The second-order valence-electron chi connectivity index (χ2n) is 8.38. The van der Waals surface area contributed by atoms with E-state index in [0.717, 1.165) is 23.0 Å². The number of alkyl halides is 3. The minimum Gasteiger partial charge on any atom is -0.384 e. The van der Waals surface area contributed by atoms with E-state index in [-0.39, 0.29) is 37.2 Å². The van der Waals surface area contributed by atoms with E-state index in [0.29, 0.717) is 36.0 Å². The Morgan fingerprint density at radius 1 is 1.25 bits per heavy atom. The van der Waals surface area contributed by atoms with Crippen LogP contribution in [0.2, 0.25) is 0 Å². The maximum Gasteiger partial charge on any atom is 0.451 e. The standard InChI is InChI=1S/C22H27F3N8O2S/c1-4-5-14-6-7-15-19(32-9-10-33-16(12-32)29-30-21(33)22(23,24)25)27-18(28-20(15)36-14)17(26)35-31-13(2)8-11-34-3/h6,26H,4-5,7-12H2,1-3H3/b26-17?,31-13+. The number of rotatable bonds is 8. The van der Waals surface area contributed by atoms with Gasteiger partial charge in [-0.3, -0.25) is 5.41 Å². The monoisotopic (exact) mass is 524 g/mol. The van der Waals surface area contributed by atoms with E-state index in [9.17, 15) is 13.2 Å². The van der Waals surface area contributed by atoms with Gasteiger partial charge >= 0.3 is 6.18 Å².